The number of esters is 1. The highest BCUT2D eigenvalue weighted by Gasteiger charge is 2.40. The first-order valence-corrected chi connectivity index (χ1v) is 14.7. The van der Waals surface area contributed by atoms with Gasteiger partial charge in [0.2, 0.25) is 0 Å². The quantitative estimate of drug-likeness (QED) is 0.522. The Labute approximate surface area is 236 Å². The summed E-state index contributed by atoms with van der Waals surface area (Å²) in [6.07, 6.45) is 6.42. The Kier molecular flexibility index (Phi) is 8.31. The molecule has 0 aliphatic carbocycles. The number of ether oxygens (including phenoxy) is 2. The molecule has 40 heavy (non-hydrogen) atoms. The number of benzene rings is 1. The van der Waals surface area contributed by atoms with Crippen LogP contribution in [0.2, 0.25) is 0 Å². The second kappa shape index (κ2) is 11.7. The van der Waals surface area contributed by atoms with Crippen molar-refractivity contribution in [3.63, 3.8) is 0 Å². The fourth-order valence-electron chi connectivity index (χ4n) is 6.16. The van der Waals surface area contributed by atoms with Crippen LogP contribution in [0.25, 0.3) is 0 Å². The molecule has 2 saturated heterocycles. The van der Waals surface area contributed by atoms with Gasteiger partial charge in [-0.2, -0.15) is 5.10 Å². The number of likely N-dealkylation sites (tertiary alicyclic amines) is 1. The van der Waals surface area contributed by atoms with Gasteiger partial charge in [-0.15, -0.1) is 0 Å². The van der Waals surface area contributed by atoms with E-state index in [1.165, 1.54) is 0 Å². The number of amides is 2. The number of aryl methyl sites for hydroxylation is 1. The van der Waals surface area contributed by atoms with Crippen molar-refractivity contribution < 1.29 is 23.9 Å². The van der Waals surface area contributed by atoms with E-state index >= 15 is 0 Å². The average molecular weight is 551 g/mol. The Balaban J connectivity index is 1.29. The van der Waals surface area contributed by atoms with E-state index in [9.17, 15) is 14.4 Å². The molecule has 216 valence electrons. The van der Waals surface area contributed by atoms with Gasteiger partial charge >= 0.3 is 5.97 Å². The van der Waals surface area contributed by atoms with Gasteiger partial charge in [0.1, 0.15) is 0 Å². The zero-order valence-electron chi connectivity index (χ0n) is 24.1. The van der Waals surface area contributed by atoms with Crippen LogP contribution in [0.15, 0.2) is 24.3 Å². The van der Waals surface area contributed by atoms with Gasteiger partial charge in [0, 0.05) is 50.4 Å². The van der Waals surface area contributed by atoms with Crippen LogP contribution in [0.3, 0.4) is 0 Å². The van der Waals surface area contributed by atoms with E-state index in [0.717, 1.165) is 63.0 Å². The molecule has 1 aromatic heterocycles. The fourth-order valence-corrected chi connectivity index (χ4v) is 6.16. The van der Waals surface area contributed by atoms with Crippen LogP contribution in [0.5, 0.6) is 0 Å². The second-order valence-electron chi connectivity index (χ2n) is 12.4. The van der Waals surface area contributed by atoms with E-state index in [4.69, 9.17) is 14.6 Å². The number of carbonyl (C=O) groups excluding carboxylic acids is 3. The van der Waals surface area contributed by atoms with E-state index in [-0.39, 0.29) is 23.8 Å². The highest BCUT2D eigenvalue weighted by atomic mass is 16.5. The van der Waals surface area contributed by atoms with Crippen LogP contribution in [0, 0.1) is 10.8 Å². The minimum atomic E-state index is -0.449. The minimum Gasteiger partial charge on any atom is -0.461 e. The molecule has 0 unspecified atom stereocenters. The molecular formula is C31H42N4O5. The number of fused-ring (bicyclic) bond motifs is 1. The van der Waals surface area contributed by atoms with Crippen molar-refractivity contribution in [2.24, 2.45) is 10.8 Å². The summed E-state index contributed by atoms with van der Waals surface area (Å²) in [6, 6.07) is 6.82. The fraction of sp³-hybridized carbons (Fsp3) is 0.613. The van der Waals surface area contributed by atoms with Crippen molar-refractivity contribution in [2.75, 3.05) is 39.5 Å². The molecule has 0 radical (unpaired) electrons. The zero-order valence-corrected chi connectivity index (χ0v) is 24.1. The summed E-state index contributed by atoms with van der Waals surface area (Å²) < 4.78 is 13.4. The highest BCUT2D eigenvalue weighted by molar-refractivity contribution is 5.98. The molecule has 1 N–H and O–H groups in total. The molecule has 0 bridgehead atoms. The minimum absolute atomic E-state index is 0.0325. The number of piperidine rings is 1. The molecule has 0 atom stereocenters. The van der Waals surface area contributed by atoms with Gasteiger partial charge in [-0.25, -0.2) is 4.79 Å². The Morgan fingerprint density at radius 2 is 1.85 bits per heavy atom. The molecule has 2 amide bonds. The lowest BCUT2D eigenvalue weighted by molar-refractivity contribution is 0.0145. The summed E-state index contributed by atoms with van der Waals surface area (Å²) in [5.41, 5.74) is 2.90. The van der Waals surface area contributed by atoms with Crippen LogP contribution in [-0.4, -0.2) is 71.9 Å². The Bertz CT molecular complexity index is 1250. The van der Waals surface area contributed by atoms with Crippen molar-refractivity contribution in [1.29, 1.82) is 0 Å². The maximum atomic E-state index is 13.1. The van der Waals surface area contributed by atoms with E-state index in [1.54, 1.807) is 24.3 Å². The average Bonchev–Trinajstić information content (AvgIpc) is 3.23. The molecule has 2 fully saturated rings. The first kappa shape index (κ1) is 28.3. The number of hydrogen-bond acceptors (Lipinski definition) is 6. The summed E-state index contributed by atoms with van der Waals surface area (Å²) in [7, 11) is 0. The SMILES string of the molecule is CCc1nn(CC(C)(C)COC(=O)c2cccc(C(=O)N3CCCCC3)c2)c2c1C(=O)NCC1(CCOCC1)C2. The number of nitrogens with zero attached hydrogens (tertiary/aromatic N) is 3. The predicted molar refractivity (Wildman–Crippen MR) is 150 cm³/mol. The molecule has 5 rings (SSSR count). The van der Waals surface area contributed by atoms with Crippen molar-refractivity contribution in [1.82, 2.24) is 20.0 Å². The van der Waals surface area contributed by atoms with E-state index in [1.807, 2.05) is 30.4 Å². The summed E-state index contributed by atoms with van der Waals surface area (Å²) >= 11 is 0. The van der Waals surface area contributed by atoms with Gasteiger partial charge in [0.15, 0.2) is 0 Å². The summed E-state index contributed by atoms with van der Waals surface area (Å²) in [4.78, 5) is 41.0. The largest absolute Gasteiger partial charge is 0.461 e. The van der Waals surface area contributed by atoms with Crippen molar-refractivity contribution >= 4 is 17.8 Å². The first-order chi connectivity index (χ1) is 19.2. The van der Waals surface area contributed by atoms with Gasteiger partial charge in [0.25, 0.3) is 11.8 Å². The monoisotopic (exact) mass is 550 g/mol. The molecule has 1 aromatic carbocycles. The van der Waals surface area contributed by atoms with Crippen LogP contribution in [0.4, 0.5) is 0 Å². The van der Waals surface area contributed by atoms with Gasteiger partial charge in [0.05, 0.1) is 29.1 Å². The Morgan fingerprint density at radius 3 is 2.58 bits per heavy atom. The van der Waals surface area contributed by atoms with Gasteiger partial charge in [-0.05, 0) is 68.6 Å². The lowest BCUT2D eigenvalue weighted by atomic mass is 9.76. The van der Waals surface area contributed by atoms with Crippen molar-refractivity contribution in [3.05, 3.63) is 52.3 Å². The van der Waals surface area contributed by atoms with Gasteiger partial charge < -0.3 is 19.7 Å². The second-order valence-corrected chi connectivity index (χ2v) is 12.4. The standard InChI is InChI=1S/C31H42N4O5/c1-4-24-26-25(18-31(19-32-27(26)36)11-15-39-16-12-31)35(33-24)20-30(2,3)21-40-29(38)23-10-8-9-22(17-23)28(37)34-13-6-5-7-14-34/h8-10,17H,4-7,11-16,18-21H2,1-3H3,(H,32,36). The van der Waals surface area contributed by atoms with Crippen LogP contribution >= 0.6 is 0 Å². The summed E-state index contributed by atoms with van der Waals surface area (Å²) in [5.74, 6) is -0.535. The lowest BCUT2D eigenvalue weighted by Gasteiger charge is -2.36. The van der Waals surface area contributed by atoms with E-state index in [2.05, 4.69) is 5.32 Å². The number of nitrogens with one attached hydrogen (secondary N) is 1. The molecule has 1 spiro atoms. The topological polar surface area (TPSA) is 103 Å². The van der Waals surface area contributed by atoms with Crippen LogP contribution < -0.4 is 5.32 Å². The third-order valence-corrected chi connectivity index (χ3v) is 8.57. The molecule has 3 aliphatic heterocycles. The normalized spacial score (nSPS) is 19.1. The van der Waals surface area contributed by atoms with E-state index in [0.29, 0.717) is 49.4 Å². The third-order valence-electron chi connectivity index (χ3n) is 8.57. The highest BCUT2D eigenvalue weighted by Crippen LogP contribution is 2.38. The molecule has 9 nitrogen and oxygen atoms in total. The van der Waals surface area contributed by atoms with Crippen LogP contribution in [-0.2, 0) is 28.9 Å². The maximum Gasteiger partial charge on any atom is 0.338 e. The van der Waals surface area contributed by atoms with Crippen molar-refractivity contribution in [2.45, 2.75) is 72.3 Å². The molecule has 0 saturated carbocycles. The van der Waals surface area contributed by atoms with Gasteiger partial charge in [-0.1, -0.05) is 26.8 Å². The number of carbonyl (C=O) groups is 3. The number of aromatic nitrogens is 2. The number of rotatable bonds is 7. The van der Waals surface area contributed by atoms with Crippen LogP contribution in [0.1, 0.15) is 95.3 Å². The summed E-state index contributed by atoms with van der Waals surface area (Å²) in [5, 5.41) is 8.03. The van der Waals surface area contributed by atoms with E-state index < -0.39 is 11.4 Å². The molecule has 2 aromatic rings. The third kappa shape index (κ3) is 6.09. The smallest absolute Gasteiger partial charge is 0.338 e. The van der Waals surface area contributed by atoms with Gasteiger partial charge in [-0.3, -0.25) is 14.3 Å². The first-order valence-electron chi connectivity index (χ1n) is 14.7. The zero-order chi connectivity index (χ0) is 28.3. The van der Waals surface area contributed by atoms with Crippen molar-refractivity contribution in [3.8, 4) is 0 Å². The Morgan fingerprint density at radius 1 is 1.12 bits per heavy atom. The maximum absolute atomic E-state index is 13.1. The Hall–Kier alpha value is -3.20. The molecule has 3 aliphatic rings. The molecule has 9 heteroatoms. The summed E-state index contributed by atoms with van der Waals surface area (Å²) in [6.45, 7) is 10.4. The molecule has 4 heterocycles. The number of hydrogen-bond donors (Lipinski definition) is 1. The lowest BCUT2D eigenvalue weighted by Crippen LogP contribution is -2.41. The molecular weight excluding hydrogens is 508 g/mol. The predicted octanol–water partition coefficient (Wildman–Crippen LogP) is 4.04.